The van der Waals surface area contributed by atoms with Gasteiger partial charge in [-0.3, -0.25) is 0 Å². The highest BCUT2D eigenvalue weighted by atomic mass is 16.5. The fourth-order valence-electron chi connectivity index (χ4n) is 1.75. The SMILES string of the molecule is CNC(C)c1cccnc1Oc1ccc(CO)cc1. The smallest absolute Gasteiger partial charge is 0.223 e. The number of nitrogens with one attached hydrogen (secondary N) is 1. The summed E-state index contributed by atoms with van der Waals surface area (Å²) in [6, 6.07) is 11.4. The number of nitrogens with zero attached hydrogens (tertiary/aromatic N) is 1. The van der Waals surface area contributed by atoms with Crippen LogP contribution in [-0.2, 0) is 6.61 Å². The van der Waals surface area contributed by atoms with E-state index in [1.54, 1.807) is 6.20 Å². The summed E-state index contributed by atoms with van der Waals surface area (Å²) in [5.74, 6) is 1.31. The molecular formula is C15H18N2O2. The zero-order valence-electron chi connectivity index (χ0n) is 11.1. The molecule has 1 heterocycles. The van der Waals surface area contributed by atoms with Crippen LogP contribution in [0, 0.1) is 0 Å². The molecule has 1 aromatic heterocycles. The van der Waals surface area contributed by atoms with E-state index in [0.29, 0.717) is 11.6 Å². The first kappa shape index (κ1) is 13.5. The molecule has 0 amide bonds. The molecule has 1 aromatic carbocycles. The van der Waals surface area contributed by atoms with Crippen LogP contribution in [0.3, 0.4) is 0 Å². The van der Waals surface area contributed by atoms with E-state index in [0.717, 1.165) is 11.1 Å². The van der Waals surface area contributed by atoms with E-state index in [1.807, 2.05) is 43.4 Å². The molecule has 0 radical (unpaired) electrons. The van der Waals surface area contributed by atoms with Gasteiger partial charge in [-0.15, -0.1) is 0 Å². The molecule has 2 aromatic rings. The molecule has 100 valence electrons. The Labute approximate surface area is 113 Å². The molecular weight excluding hydrogens is 240 g/mol. The first-order valence-corrected chi connectivity index (χ1v) is 6.24. The minimum Gasteiger partial charge on any atom is -0.439 e. The van der Waals surface area contributed by atoms with Crippen molar-refractivity contribution in [1.29, 1.82) is 0 Å². The first-order chi connectivity index (χ1) is 9.24. The van der Waals surface area contributed by atoms with E-state index in [9.17, 15) is 0 Å². The van der Waals surface area contributed by atoms with Gasteiger partial charge in [0.1, 0.15) is 5.75 Å². The van der Waals surface area contributed by atoms with Crippen LogP contribution in [0.5, 0.6) is 11.6 Å². The summed E-state index contributed by atoms with van der Waals surface area (Å²) in [7, 11) is 1.90. The number of aliphatic hydroxyl groups is 1. The quantitative estimate of drug-likeness (QED) is 0.865. The van der Waals surface area contributed by atoms with Gasteiger partial charge in [-0.2, -0.15) is 0 Å². The number of hydrogen-bond acceptors (Lipinski definition) is 4. The third kappa shape index (κ3) is 3.30. The molecule has 0 fully saturated rings. The Morgan fingerprint density at radius 3 is 2.63 bits per heavy atom. The third-order valence-corrected chi connectivity index (χ3v) is 3.02. The van der Waals surface area contributed by atoms with Gasteiger partial charge in [-0.05, 0) is 37.7 Å². The number of hydrogen-bond donors (Lipinski definition) is 2. The second kappa shape index (κ2) is 6.31. The summed E-state index contributed by atoms with van der Waals surface area (Å²) in [4.78, 5) is 4.27. The second-order valence-electron chi connectivity index (χ2n) is 4.31. The average molecular weight is 258 g/mol. The Balaban J connectivity index is 2.22. The van der Waals surface area contributed by atoms with Gasteiger partial charge >= 0.3 is 0 Å². The van der Waals surface area contributed by atoms with Crippen LogP contribution in [0.4, 0.5) is 0 Å². The maximum Gasteiger partial charge on any atom is 0.223 e. The van der Waals surface area contributed by atoms with Gasteiger partial charge in [0.15, 0.2) is 0 Å². The maximum atomic E-state index is 9.01. The molecule has 2 rings (SSSR count). The molecule has 0 bridgehead atoms. The van der Waals surface area contributed by atoms with E-state index < -0.39 is 0 Å². The fraction of sp³-hybridized carbons (Fsp3) is 0.267. The molecule has 1 atom stereocenters. The summed E-state index contributed by atoms with van der Waals surface area (Å²) in [5, 5.41) is 12.2. The lowest BCUT2D eigenvalue weighted by molar-refractivity contribution is 0.281. The van der Waals surface area contributed by atoms with Gasteiger partial charge in [-0.1, -0.05) is 18.2 Å². The zero-order chi connectivity index (χ0) is 13.7. The molecule has 0 spiro atoms. The van der Waals surface area contributed by atoms with Gasteiger partial charge < -0.3 is 15.2 Å². The summed E-state index contributed by atoms with van der Waals surface area (Å²) in [5.41, 5.74) is 1.87. The van der Waals surface area contributed by atoms with Crippen molar-refractivity contribution in [1.82, 2.24) is 10.3 Å². The van der Waals surface area contributed by atoms with Crippen LogP contribution >= 0.6 is 0 Å². The highest BCUT2D eigenvalue weighted by molar-refractivity contribution is 5.35. The number of benzene rings is 1. The molecule has 0 aliphatic heterocycles. The number of aliphatic hydroxyl groups excluding tert-OH is 1. The van der Waals surface area contributed by atoms with Gasteiger partial charge in [0.05, 0.1) is 6.61 Å². The van der Waals surface area contributed by atoms with Crippen LogP contribution in [-0.4, -0.2) is 17.1 Å². The molecule has 4 heteroatoms. The highest BCUT2D eigenvalue weighted by Crippen LogP contribution is 2.27. The van der Waals surface area contributed by atoms with Gasteiger partial charge in [-0.25, -0.2) is 4.98 Å². The maximum absolute atomic E-state index is 9.01. The lowest BCUT2D eigenvalue weighted by atomic mass is 10.1. The van der Waals surface area contributed by atoms with Crippen molar-refractivity contribution in [2.24, 2.45) is 0 Å². The standard InChI is InChI=1S/C15H18N2O2/c1-11(16-2)14-4-3-9-17-15(14)19-13-7-5-12(10-18)6-8-13/h3-9,11,16,18H,10H2,1-2H3. The van der Waals surface area contributed by atoms with Crippen molar-refractivity contribution in [2.75, 3.05) is 7.05 Å². The Hall–Kier alpha value is -1.91. The van der Waals surface area contributed by atoms with E-state index in [4.69, 9.17) is 9.84 Å². The molecule has 2 N–H and O–H groups in total. The van der Waals surface area contributed by atoms with E-state index in [-0.39, 0.29) is 12.6 Å². The van der Waals surface area contributed by atoms with Gasteiger partial charge in [0, 0.05) is 17.8 Å². The molecule has 1 unspecified atom stereocenters. The van der Waals surface area contributed by atoms with E-state index in [2.05, 4.69) is 17.2 Å². The number of aromatic nitrogens is 1. The van der Waals surface area contributed by atoms with Crippen molar-refractivity contribution in [3.05, 3.63) is 53.7 Å². The van der Waals surface area contributed by atoms with Crippen molar-refractivity contribution in [2.45, 2.75) is 19.6 Å². The van der Waals surface area contributed by atoms with Crippen LogP contribution < -0.4 is 10.1 Å². The molecule has 4 nitrogen and oxygen atoms in total. The summed E-state index contributed by atoms with van der Waals surface area (Å²) < 4.78 is 5.80. The Morgan fingerprint density at radius 1 is 1.26 bits per heavy atom. The van der Waals surface area contributed by atoms with Gasteiger partial charge in [0.2, 0.25) is 5.88 Å². The first-order valence-electron chi connectivity index (χ1n) is 6.24. The van der Waals surface area contributed by atoms with E-state index in [1.165, 1.54) is 0 Å². The lowest BCUT2D eigenvalue weighted by Gasteiger charge is -2.15. The zero-order valence-corrected chi connectivity index (χ0v) is 11.1. The second-order valence-corrected chi connectivity index (χ2v) is 4.31. The Morgan fingerprint density at radius 2 is 2.00 bits per heavy atom. The molecule has 0 saturated heterocycles. The van der Waals surface area contributed by atoms with Gasteiger partial charge in [0.25, 0.3) is 0 Å². The molecule has 0 aliphatic carbocycles. The Bertz CT molecular complexity index is 526. The summed E-state index contributed by atoms with van der Waals surface area (Å²) in [6.45, 7) is 2.09. The average Bonchev–Trinajstić information content (AvgIpc) is 2.48. The van der Waals surface area contributed by atoms with E-state index >= 15 is 0 Å². The Kier molecular flexibility index (Phi) is 4.49. The monoisotopic (exact) mass is 258 g/mol. The molecule has 0 saturated carbocycles. The number of pyridine rings is 1. The summed E-state index contributed by atoms with van der Waals surface area (Å²) in [6.07, 6.45) is 1.71. The lowest BCUT2D eigenvalue weighted by Crippen LogP contribution is -2.13. The topological polar surface area (TPSA) is 54.4 Å². The predicted molar refractivity (Wildman–Crippen MR) is 74.2 cm³/mol. The highest BCUT2D eigenvalue weighted by Gasteiger charge is 2.11. The minimum atomic E-state index is 0.0336. The largest absolute Gasteiger partial charge is 0.439 e. The predicted octanol–water partition coefficient (Wildman–Crippen LogP) is 2.65. The van der Waals surface area contributed by atoms with Crippen molar-refractivity contribution >= 4 is 0 Å². The van der Waals surface area contributed by atoms with Crippen LogP contribution in [0.25, 0.3) is 0 Å². The van der Waals surface area contributed by atoms with Crippen molar-refractivity contribution in [3.8, 4) is 11.6 Å². The van der Waals surface area contributed by atoms with Crippen LogP contribution in [0.1, 0.15) is 24.1 Å². The van der Waals surface area contributed by atoms with Crippen LogP contribution in [0.2, 0.25) is 0 Å². The number of ether oxygens (including phenoxy) is 1. The fourth-order valence-corrected chi connectivity index (χ4v) is 1.75. The van der Waals surface area contributed by atoms with Crippen molar-refractivity contribution in [3.63, 3.8) is 0 Å². The third-order valence-electron chi connectivity index (χ3n) is 3.02. The van der Waals surface area contributed by atoms with Crippen molar-refractivity contribution < 1.29 is 9.84 Å². The van der Waals surface area contributed by atoms with Crippen LogP contribution in [0.15, 0.2) is 42.6 Å². The molecule has 0 aliphatic rings. The molecule has 19 heavy (non-hydrogen) atoms. The normalized spacial score (nSPS) is 12.2. The number of rotatable bonds is 5. The minimum absolute atomic E-state index is 0.0336. The summed E-state index contributed by atoms with van der Waals surface area (Å²) >= 11 is 0.